The molecule has 0 bridgehead atoms. The molecule has 0 fully saturated rings. The van der Waals surface area contributed by atoms with Crippen molar-refractivity contribution in [2.45, 2.75) is 44.3 Å². The zero-order valence-electron chi connectivity index (χ0n) is 13.2. The van der Waals surface area contributed by atoms with Gasteiger partial charge in [0.2, 0.25) is 0 Å². The van der Waals surface area contributed by atoms with E-state index in [2.05, 4.69) is 8.92 Å². The molecule has 0 aromatic heterocycles. The first-order chi connectivity index (χ1) is 10.7. The summed E-state index contributed by atoms with van der Waals surface area (Å²) in [4.78, 5) is 24.3. The molecule has 8 nitrogen and oxygen atoms in total. The predicted octanol–water partition coefficient (Wildman–Crippen LogP) is 1.88. The van der Waals surface area contributed by atoms with Crippen LogP contribution in [0, 0.1) is 0 Å². The average Bonchev–Trinajstić information content (AvgIpc) is 2.77. The molecule has 0 radical (unpaired) electrons. The molecule has 0 unspecified atom stereocenters. The highest BCUT2D eigenvalue weighted by molar-refractivity contribution is 7.87. The Balaban J connectivity index is 3.07. The molecule has 24 heavy (non-hydrogen) atoms. The summed E-state index contributed by atoms with van der Waals surface area (Å²) in [6.07, 6.45) is -1.01. The minimum atomic E-state index is -5.92. The van der Waals surface area contributed by atoms with Gasteiger partial charge in [0, 0.05) is 6.42 Å². The van der Waals surface area contributed by atoms with E-state index in [1.54, 1.807) is 0 Å². The van der Waals surface area contributed by atoms with Gasteiger partial charge in [-0.1, -0.05) is 0 Å². The average molecular weight is 375 g/mol. The van der Waals surface area contributed by atoms with Crippen molar-refractivity contribution in [3.05, 3.63) is 12.0 Å². The third kappa shape index (κ3) is 4.76. The number of hydrogen-bond donors (Lipinski definition) is 0. The van der Waals surface area contributed by atoms with Gasteiger partial charge in [-0.3, -0.25) is 4.90 Å². The number of esters is 1. The molecule has 1 amide bonds. The quantitative estimate of drug-likeness (QED) is 0.422. The van der Waals surface area contributed by atoms with Crippen LogP contribution in [0.15, 0.2) is 12.0 Å². The van der Waals surface area contributed by atoms with Crippen molar-refractivity contribution in [2.75, 3.05) is 7.11 Å². The molecule has 1 atom stereocenters. The molecule has 12 heteroatoms. The van der Waals surface area contributed by atoms with E-state index in [1.165, 1.54) is 20.8 Å². The molecule has 0 aromatic rings. The van der Waals surface area contributed by atoms with Gasteiger partial charge in [-0.05, 0) is 20.8 Å². The van der Waals surface area contributed by atoms with Crippen LogP contribution in [-0.4, -0.2) is 49.6 Å². The van der Waals surface area contributed by atoms with E-state index < -0.39 is 51.5 Å². The van der Waals surface area contributed by atoms with Crippen LogP contribution in [0.25, 0.3) is 0 Å². The second-order valence-corrected chi connectivity index (χ2v) is 7.25. The SMILES string of the molecule is COC(=O)[C@@H]1CC(OS(=O)(=O)C(F)(F)F)=CN1C(=O)OC(C)(C)C. The largest absolute Gasteiger partial charge is 0.534 e. The van der Waals surface area contributed by atoms with E-state index in [1.807, 2.05) is 0 Å². The Morgan fingerprint density at radius 2 is 1.79 bits per heavy atom. The van der Waals surface area contributed by atoms with Crippen LogP contribution in [0.2, 0.25) is 0 Å². The maximum absolute atomic E-state index is 12.3. The van der Waals surface area contributed by atoms with Crippen LogP contribution in [-0.2, 0) is 28.6 Å². The molecule has 0 saturated carbocycles. The molecule has 1 rings (SSSR count). The Bertz CT molecular complexity index is 649. The van der Waals surface area contributed by atoms with Gasteiger partial charge in [-0.25, -0.2) is 9.59 Å². The summed E-state index contributed by atoms with van der Waals surface area (Å²) in [6.45, 7) is 4.59. The number of methoxy groups -OCH3 is 1. The smallest absolute Gasteiger partial charge is 0.467 e. The zero-order valence-corrected chi connectivity index (χ0v) is 14.0. The highest BCUT2D eigenvalue weighted by Gasteiger charge is 2.50. The van der Waals surface area contributed by atoms with Gasteiger partial charge in [-0.2, -0.15) is 21.6 Å². The number of carbonyl (C=O) groups is 2. The maximum atomic E-state index is 12.3. The minimum absolute atomic E-state index is 0.610. The summed E-state index contributed by atoms with van der Waals surface area (Å²) < 4.78 is 72.5. The van der Waals surface area contributed by atoms with Crippen molar-refractivity contribution in [2.24, 2.45) is 0 Å². The number of ether oxygens (including phenoxy) is 2. The van der Waals surface area contributed by atoms with E-state index in [0.717, 1.165) is 7.11 Å². The number of nitrogens with zero attached hydrogens (tertiary/aromatic N) is 1. The van der Waals surface area contributed by atoms with E-state index in [-0.39, 0.29) is 0 Å². The third-order valence-corrected chi connectivity index (χ3v) is 3.59. The first-order valence-corrected chi connectivity index (χ1v) is 7.89. The monoisotopic (exact) mass is 375 g/mol. The molecular weight excluding hydrogens is 359 g/mol. The van der Waals surface area contributed by atoms with Gasteiger partial charge in [-0.15, -0.1) is 0 Å². The lowest BCUT2D eigenvalue weighted by atomic mass is 10.2. The maximum Gasteiger partial charge on any atom is 0.534 e. The molecule has 0 aliphatic carbocycles. The van der Waals surface area contributed by atoms with Crippen LogP contribution >= 0.6 is 0 Å². The number of alkyl halides is 3. The molecule has 1 aliphatic rings. The molecule has 0 N–H and O–H groups in total. The predicted molar refractivity (Wildman–Crippen MR) is 72.6 cm³/mol. The van der Waals surface area contributed by atoms with Crippen LogP contribution in [0.3, 0.4) is 0 Å². The summed E-state index contributed by atoms with van der Waals surface area (Å²) in [6, 6.07) is -1.40. The number of hydrogen-bond acceptors (Lipinski definition) is 7. The van der Waals surface area contributed by atoms with Crippen LogP contribution in [0.4, 0.5) is 18.0 Å². The fourth-order valence-corrected chi connectivity index (χ4v) is 2.15. The minimum Gasteiger partial charge on any atom is -0.467 e. The molecule has 138 valence electrons. The molecular formula is C12H16F3NO7S. The number of amides is 1. The van der Waals surface area contributed by atoms with Gasteiger partial charge in [0.15, 0.2) is 0 Å². The summed E-state index contributed by atoms with van der Waals surface area (Å²) in [5, 5.41) is 0. The highest BCUT2D eigenvalue weighted by atomic mass is 32.2. The topological polar surface area (TPSA) is 99.2 Å². The van der Waals surface area contributed by atoms with Crippen molar-refractivity contribution in [1.29, 1.82) is 0 Å². The lowest BCUT2D eigenvalue weighted by Crippen LogP contribution is -2.42. The normalized spacial score (nSPS) is 18.9. The zero-order chi connectivity index (χ0) is 18.9. The lowest BCUT2D eigenvalue weighted by molar-refractivity contribution is -0.145. The van der Waals surface area contributed by atoms with Gasteiger partial charge >= 0.3 is 27.7 Å². The fraction of sp³-hybridized carbons (Fsp3) is 0.667. The first-order valence-electron chi connectivity index (χ1n) is 6.48. The van der Waals surface area contributed by atoms with Gasteiger partial charge in [0.05, 0.1) is 13.3 Å². The second-order valence-electron chi connectivity index (χ2n) is 5.71. The summed E-state index contributed by atoms with van der Waals surface area (Å²) >= 11 is 0. The van der Waals surface area contributed by atoms with E-state index >= 15 is 0 Å². The van der Waals surface area contributed by atoms with Crippen LogP contribution in [0.5, 0.6) is 0 Å². The highest BCUT2D eigenvalue weighted by Crippen LogP contribution is 2.32. The Morgan fingerprint density at radius 1 is 1.25 bits per heavy atom. The molecule has 0 saturated heterocycles. The number of halogens is 3. The van der Waals surface area contributed by atoms with Gasteiger partial charge in [0.25, 0.3) is 0 Å². The number of rotatable bonds is 3. The summed E-state index contributed by atoms with van der Waals surface area (Å²) in [5.74, 6) is -1.71. The standard InChI is InChI=1S/C12H16F3NO7S/c1-11(2,3)22-10(18)16-6-7(5-8(16)9(17)21-4)23-24(19,20)12(13,14)15/h6,8H,5H2,1-4H3/t8-/m0/s1. The molecule has 1 heterocycles. The molecule has 0 spiro atoms. The van der Waals surface area contributed by atoms with Crippen molar-refractivity contribution in [3.63, 3.8) is 0 Å². The Hall–Kier alpha value is -1.98. The van der Waals surface area contributed by atoms with Crippen molar-refractivity contribution in [3.8, 4) is 0 Å². The van der Waals surface area contributed by atoms with Crippen LogP contribution in [0.1, 0.15) is 27.2 Å². The van der Waals surface area contributed by atoms with Gasteiger partial charge < -0.3 is 13.7 Å². The van der Waals surface area contributed by atoms with E-state index in [4.69, 9.17) is 4.74 Å². The summed E-state index contributed by atoms with van der Waals surface area (Å²) in [7, 11) is -4.92. The molecule has 1 aliphatic heterocycles. The van der Waals surface area contributed by atoms with Crippen LogP contribution < -0.4 is 0 Å². The Kier molecular flexibility index (Phi) is 5.43. The van der Waals surface area contributed by atoms with E-state index in [9.17, 15) is 31.2 Å². The third-order valence-electron chi connectivity index (χ3n) is 2.59. The van der Waals surface area contributed by atoms with Crippen molar-refractivity contribution >= 4 is 22.2 Å². The van der Waals surface area contributed by atoms with Crippen molar-refractivity contribution in [1.82, 2.24) is 4.90 Å². The van der Waals surface area contributed by atoms with Gasteiger partial charge in [0.1, 0.15) is 17.4 Å². The lowest BCUT2D eigenvalue weighted by Gasteiger charge is -2.26. The number of carbonyl (C=O) groups excluding carboxylic acids is 2. The first kappa shape index (κ1) is 20.1. The van der Waals surface area contributed by atoms with E-state index in [0.29, 0.717) is 11.1 Å². The van der Waals surface area contributed by atoms with Crippen molar-refractivity contribution < 1.29 is 44.8 Å². The second kappa shape index (κ2) is 6.49. The molecule has 0 aromatic carbocycles. The summed E-state index contributed by atoms with van der Waals surface area (Å²) in [5.41, 5.74) is -6.60. The Labute approximate surface area is 136 Å². The fourth-order valence-electron chi connectivity index (χ4n) is 1.66. The Morgan fingerprint density at radius 3 is 2.21 bits per heavy atom.